The standard InChI is InChI=1S/C26H26FN3O4S/c1-28-26(32)24(15-19-7-3-2-4-8-19)29(16-21-9-5-6-10-23(21)27)25(31)18-35-17-20-11-13-22(14-12-20)30(33)34/h2-14,24H,15-18H2,1H3,(H,28,32). The number of non-ortho nitro benzene ring substituents is 1. The highest BCUT2D eigenvalue weighted by molar-refractivity contribution is 7.99. The van der Waals surface area contributed by atoms with E-state index in [9.17, 15) is 24.1 Å². The van der Waals surface area contributed by atoms with Crippen LogP contribution in [0.3, 0.4) is 0 Å². The summed E-state index contributed by atoms with van der Waals surface area (Å²) < 4.78 is 14.5. The molecular formula is C26H26FN3O4S. The maximum atomic E-state index is 14.5. The fourth-order valence-corrected chi connectivity index (χ4v) is 4.45. The van der Waals surface area contributed by atoms with Gasteiger partial charge in [0.1, 0.15) is 11.9 Å². The zero-order valence-electron chi connectivity index (χ0n) is 19.2. The van der Waals surface area contributed by atoms with Crippen LogP contribution >= 0.6 is 11.8 Å². The maximum Gasteiger partial charge on any atom is 0.269 e. The molecule has 35 heavy (non-hydrogen) atoms. The van der Waals surface area contributed by atoms with Crippen LogP contribution in [0.5, 0.6) is 0 Å². The highest BCUT2D eigenvalue weighted by Gasteiger charge is 2.30. The smallest absolute Gasteiger partial charge is 0.269 e. The van der Waals surface area contributed by atoms with Crippen molar-refractivity contribution in [3.63, 3.8) is 0 Å². The van der Waals surface area contributed by atoms with E-state index in [4.69, 9.17) is 0 Å². The van der Waals surface area contributed by atoms with Gasteiger partial charge in [-0.05, 0) is 17.2 Å². The van der Waals surface area contributed by atoms with Gasteiger partial charge in [-0.3, -0.25) is 19.7 Å². The topological polar surface area (TPSA) is 92.6 Å². The number of halogens is 1. The molecule has 2 amide bonds. The van der Waals surface area contributed by atoms with Crippen LogP contribution in [0.2, 0.25) is 0 Å². The molecule has 1 unspecified atom stereocenters. The van der Waals surface area contributed by atoms with Crippen LogP contribution in [0, 0.1) is 15.9 Å². The summed E-state index contributed by atoms with van der Waals surface area (Å²) in [5.41, 5.74) is 2.04. The number of nitrogens with zero attached hydrogens (tertiary/aromatic N) is 2. The van der Waals surface area contributed by atoms with Gasteiger partial charge in [-0.25, -0.2) is 4.39 Å². The van der Waals surface area contributed by atoms with Crippen LogP contribution in [-0.2, 0) is 28.3 Å². The molecule has 0 saturated heterocycles. The monoisotopic (exact) mass is 495 g/mol. The van der Waals surface area contributed by atoms with E-state index in [-0.39, 0.29) is 36.2 Å². The van der Waals surface area contributed by atoms with Crippen LogP contribution in [-0.4, -0.2) is 40.5 Å². The van der Waals surface area contributed by atoms with Gasteiger partial charge < -0.3 is 10.2 Å². The van der Waals surface area contributed by atoms with Crippen LogP contribution in [0.15, 0.2) is 78.9 Å². The Bertz CT molecular complexity index is 1160. The second-order valence-electron chi connectivity index (χ2n) is 7.85. The molecule has 0 heterocycles. The Kier molecular flexibility index (Phi) is 9.37. The number of nitrogens with one attached hydrogen (secondary N) is 1. The van der Waals surface area contributed by atoms with Gasteiger partial charge in [-0.1, -0.05) is 60.7 Å². The summed E-state index contributed by atoms with van der Waals surface area (Å²) in [6.07, 6.45) is 0.285. The molecule has 0 aliphatic carbocycles. The highest BCUT2D eigenvalue weighted by Crippen LogP contribution is 2.20. The summed E-state index contributed by atoms with van der Waals surface area (Å²) in [5.74, 6) is -0.559. The first-order chi connectivity index (χ1) is 16.9. The lowest BCUT2D eigenvalue weighted by molar-refractivity contribution is -0.384. The van der Waals surface area contributed by atoms with Crippen LogP contribution in [0.25, 0.3) is 0 Å². The van der Waals surface area contributed by atoms with E-state index >= 15 is 0 Å². The highest BCUT2D eigenvalue weighted by atomic mass is 32.2. The quantitative estimate of drug-likeness (QED) is 0.315. The van der Waals surface area contributed by atoms with Crippen LogP contribution < -0.4 is 5.32 Å². The lowest BCUT2D eigenvalue weighted by Crippen LogP contribution is -2.50. The van der Waals surface area contributed by atoms with Gasteiger partial charge in [0, 0.05) is 43.5 Å². The number of nitro benzene ring substituents is 1. The van der Waals surface area contributed by atoms with E-state index in [0.717, 1.165) is 11.1 Å². The van der Waals surface area contributed by atoms with E-state index in [0.29, 0.717) is 11.3 Å². The van der Waals surface area contributed by atoms with E-state index in [2.05, 4.69) is 5.32 Å². The Morgan fingerprint density at radius 2 is 1.66 bits per heavy atom. The first kappa shape index (κ1) is 25.9. The summed E-state index contributed by atoms with van der Waals surface area (Å²) in [5, 5.41) is 13.5. The predicted molar refractivity (Wildman–Crippen MR) is 134 cm³/mol. The molecule has 9 heteroatoms. The van der Waals surface area contributed by atoms with Crippen molar-refractivity contribution < 1.29 is 18.9 Å². The molecule has 3 rings (SSSR count). The van der Waals surface area contributed by atoms with Gasteiger partial charge in [0.2, 0.25) is 11.8 Å². The van der Waals surface area contributed by atoms with Crippen LogP contribution in [0.4, 0.5) is 10.1 Å². The molecule has 0 spiro atoms. The molecule has 1 atom stereocenters. The lowest BCUT2D eigenvalue weighted by atomic mass is 10.0. The number of benzene rings is 3. The molecule has 0 radical (unpaired) electrons. The van der Waals surface area contributed by atoms with Gasteiger partial charge >= 0.3 is 0 Å². The molecule has 0 aliphatic heterocycles. The Morgan fingerprint density at radius 1 is 1.00 bits per heavy atom. The first-order valence-corrected chi connectivity index (χ1v) is 12.1. The molecule has 7 nitrogen and oxygen atoms in total. The van der Waals surface area contributed by atoms with E-state index in [1.54, 1.807) is 30.3 Å². The summed E-state index contributed by atoms with van der Waals surface area (Å²) >= 11 is 1.33. The Labute approximate surface area is 207 Å². The van der Waals surface area contributed by atoms with Crippen molar-refractivity contribution in [2.75, 3.05) is 12.8 Å². The van der Waals surface area contributed by atoms with Gasteiger partial charge in [0.05, 0.1) is 10.7 Å². The zero-order chi connectivity index (χ0) is 25.2. The average Bonchev–Trinajstić information content (AvgIpc) is 2.87. The molecule has 0 fully saturated rings. The number of carbonyl (C=O) groups is 2. The van der Waals surface area contributed by atoms with Crippen molar-refractivity contribution in [1.82, 2.24) is 10.2 Å². The van der Waals surface area contributed by atoms with E-state index in [1.165, 1.54) is 41.9 Å². The number of hydrogen-bond acceptors (Lipinski definition) is 5. The van der Waals surface area contributed by atoms with Crippen molar-refractivity contribution >= 4 is 29.3 Å². The summed E-state index contributed by atoms with van der Waals surface area (Å²) in [6, 6.07) is 20.9. The molecule has 0 aliphatic rings. The second kappa shape index (κ2) is 12.7. The summed E-state index contributed by atoms with van der Waals surface area (Å²) in [6.45, 7) is -0.0471. The molecular weight excluding hydrogens is 469 g/mol. The molecule has 1 N–H and O–H groups in total. The number of likely N-dealkylation sites (N-methyl/N-ethyl adjacent to an activating group) is 1. The molecule has 182 valence electrons. The van der Waals surface area contributed by atoms with Crippen LogP contribution in [0.1, 0.15) is 16.7 Å². The van der Waals surface area contributed by atoms with Crippen molar-refractivity contribution in [2.45, 2.75) is 24.8 Å². The average molecular weight is 496 g/mol. The minimum absolute atomic E-state index is 0.000205. The third-order valence-electron chi connectivity index (χ3n) is 5.46. The summed E-state index contributed by atoms with van der Waals surface area (Å²) in [7, 11) is 1.51. The first-order valence-electron chi connectivity index (χ1n) is 11.0. The van der Waals surface area contributed by atoms with Crippen molar-refractivity contribution in [2.24, 2.45) is 0 Å². The molecule has 0 bridgehead atoms. The number of nitro groups is 1. The molecule has 0 saturated carbocycles. The van der Waals surface area contributed by atoms with Crippen molar-refractivity contribution in [3.8, 4) is 0 Å². The second-order valence-corrected chi connectivity index (χ2v) is 8.83. The number of thioether (sulfide) groups is 1. The Hall–Kier alpha value is -3.72. The minimum atomic E-state index is -0.825. The Balaban J connectivity index is 1.78. The van der Waals surface area contributed by atoms with Crippen molar-refractivity contribution in [3.05, 3.63) is 111 Å². The fraction of sp³-hybridized carbons (Fsp3) is 0.231. The lowest BCUT2D eigenvalue weighted by Gasteiger charge is -2.31. The molecule has 3 aromatic rings. The van der Waals surface area contributed by atoms with Gasteiger partial charge in [-0.15, -0.1) is 11.8 Å². The van der Waals surface area contributed by atoms with Crippen molar-refractivity contribution in [1.29, 1.82) is 0 Å². The normalized spacial score (nSPS) is 11.5. The predicted octanol–water partition coefficient (Wildman–Crippen LogP) is 4.35. The zero-order valence-corrected chi connectivity index (χ0v) is 20.0. The summed E-state index contributed by atoms with van der Waals surface area (Å²) in [4.78, 5) is 38.0. The SMILES string of the molecule is CNC(=O)C(Cc1ccccc1)N(Cc1ccccc1F)C(=O)CSCc1ccc([N+](=O)[O-])cc1. The Morgan fingerprint density at radius 3 is 2.29 bits per heavy atom. The van der Waals surface area contributed by atoms with E-state index < -0.39 is 16.8 Å². The van der Waals surface area contributed by atoms with Gasteiger partial charge in [0.25, 0.3) is 5.69 Å². The molecule has 3 aromatic carbocycles. The number of hydrogen-bond donors (Lipinski definition) is 1. The van der Waals surface area contributed by atoms with Gasteiger partial charge in [0.15, 0.2) is 0 Å². The largest absolute Gasteiger partial charge is 0.357 e. The van der Waals surface area contributed by atoms with E-state index in [1.807, 2.05) is 30.3 Å². The number of amides is 2. The van der Waals surface area contributed by atoms with Gasteiger partial charge in [-0.2, -0.15) is 0 Å². The number of rotatable bonds is 11. The molecule has 0 aromatic heterocycles. The minimum Gasteiger partial charge on any atom is -0.357 e. The number of carbonyl (C=O) groups excluding carboxylic acids is 2. The maximum absolute atomic E-state index is 14.5. The third kappa shape index (κ3) is 7.38. The fourth-order valence-electron chi connectivity index (χ4n) is 3.58. The third-order valence-corrected chi connectivity index (χ3v) is 6.45.